The van der Waals surface area contributed by atoms with E-state index in [0.717, 1.165) is 49.1 Å². The summed E-state index contributed by atoms with van der Waals surface area (Å²) in [6.07, 6.45) is 5.75. The summed E-state index contributed by atoms with van der Waals surface area (Å²) in [5.74, 6) is 1.77. The Bertz CT molecular complexity index is 425. The molecule has 0 spiro atoms. The molecule has 3 rings (SSSR count). The summed E-state index contributed by atoms with van der Waals surface area (Å²) in [6, 6.07) is 2.00. The third-order valence-corrected chi connectivity index (χ3v) is 4.84. The van der Waals surface area contributed by atoms with Gasteiger partial charge < -0.3 is 0 Å². The van der Waals surface area contributed by atoms with Gasteiger partial charge in [0.15, 0.2) is 0 Å². The van der Waals surface area contributed by atoms with Crippen LogP contribution < -0.4 is 10.2 Å². The maximum absolute atomic E-state index is 5.59. The first-order valence-electron chi connectivity index (χ1n) is 7.00. The molecule has 6 heteroatoms. The Labute approximate surface area is 122 Å². The summed E-state index contributed by atoms with van der Waals surface area (Å²) in [6.45, 7) is 3.94. The molecule has 3 unspecified atom stereocenters. The van der Waals surface area contributed by atoms with Crippen molar-refractivity contribution in [2.45, 2.75) is 30.1 Å². The summed E-state index contributed by atoms with van der Waals surface area (Å²) in [5, 5.41) is 3.29. The van der Waals surface area contributed by atoms with E-state index in [4.69, 9.17) is 4.74 Å². The molecule has 2 fully saturated rings. The molecule has 1 N–H and O–H groups in total. The van der Waals surface area contributed by atoms with E-state index in [1.54, 1.807) is 0 Å². The standard InChI is InChI=1S/C13H21AsN4O/c14-10-4-6-18(9-10)12-3-5-15-13(17-12)16-8-11-2-1-7-19-11/h3,5,10-11H,1-2,4,6-9,14H2,(H,15,16,17). The minimum atomic E-state index is 0.321. The molecule has 5 nitrogen and oxygen atoms in total. The fourth-order valence-corrected chi connectivity index (χ4v) is 3.46. The zero-order chi connectivity index (χ0) is 13.1. The van der Waals surface area contributed by atoms with E-state index < -0.39 is 0 Å². The van der Waals surface area contributed by atoms with Gasteiger partial charge in [0.05, 0.1) is 0 Å². The van der Waals surface area contributed by atoms with Gasteiger partial charge in [-0.15, -0.1) is 0 Å². The molecule has 3 heterocycles. The number of aromatic nitrogens is 2. The second kappa shape index (κ2) is 6.10. The fourth-order valence-electron chi connectivity index (χ4n) is 2.62. The van der Waals surface area contributed by atoms with E-state index >= 15 is 0 Å². The monoisotopic (exact) mass is 324 g/mol. The first-order valence-corrected chi connectivity index (χ1v) is 8.40. The molecule has 1 aromatic rings. The van der Waals surface area contributed by atoms with Gasteiger partial charge >= 0.3 is 122 Å². The van der Waals surface area contributed by atoms with E-state index in [2.05, 4.69) is 20.2 Å². The molecule has 0 radical (unpaired) electrons. The van der Waals surface area contributed by atoms with Crippen LogP contribution in [0.15, 0.2) is 12.3 Å². The molecule has 0 amide bonds. The Morgan fingerprint density at radius 3 is 3.16 bits per heavy atom. The van der Waals surface area contributed by atoms with Gasteiger partial charge in [-0.25, -0.2) is 0 Å². The van der Waals surface area contributed by atoms with Gasteiger partial charge in [-0.05, 0) is 0 Å². The molecular formula is C13H21AsN4O. The van der Waals surface area contributed by atoms with Crippen LogP contribution in [0.5, 0.6) is 0 Å². The predicted molar refractivity (Wildman–Crippen MR) is 78.6 cm³/mol. The van der Waals surface area contributed by atoms with Crippen molar-refractivity contribution in [2.24, 2.45) is 0 Å². The fraction of sp³-hybridized carbons (Fsp3) is 0.692. The Morgan fingerprint density at radius 2 is 2.42 bits per heavy atom. The number of hydrogen-bond acceptors (Lipinski definition) is 5. The van der Waals surface area contributed by atoms with Gasteiger partial charge in [-0.1, -0.05) is 0 Å². The van der Waals surface area contributed by atoms with E-state index in [0.29, 0.717) is 6.10 Å². The van der Waals surface area contributed by atoms with E-state index in [9.17, 15) is 0 Å². The Hall–Kier alpha value is -0.802. The second-order valence-corrected chi connectivity index (χ2v) is 7.23. The van der Waals surface area contributed by atoms with Crippen molar-refractivity contribution in [1.82, 2.24) is 9.97 Å². The van der Waals surface area contributed by atoms with Gasteiger partial charge in [0.1, 0.15) is 0 Å². The molecule has 2 saturated heterocycles. The van der Waals surface area contributed by atoms with Crippen LogP contribution in [-0.2, 0) is 4.74 Å². The SMILES string of the molecule is [AsH2]C1CCN(c2ccnc(NCC3CCCO3)n2)C1. The van der Waals surface area contributed by atoms with Gasteiger partial charge in [0.25, 0.3) is 0 Å². The van der Waals surface area contributed by atoms with Gasteiger partial charge in [0, 0.05) is 0 Å². The van der Waals surface area contributed by atoms with Gasteiger partial charge in [-0.3, -0.25) is 0 Å². The van der Waals surface area contributed by atoms with Crippen molar-refractivity contribution in [3.63, 3.8) is 0 Å². The Kier molecular flexibility index (Phi) is 4.24. The molecule has 3 atom stereocenters. The average molecular weight is 324 g/mol. The van der Waals surface area contributed by atoms with Crippen LogP contribution in [0.3, 0.4) is 0 Å². The molecule has 0 bridgehead atoms. The Morgan fingerprint density at radius 1 is 1.47 bits per heavy atom. The third-order valence-electron chi connectivity index (χ3n) is 3.70. The Balaban J connectivity index is 1.59. The summed E-state index contributed by atoms with van der Waals surface area (Å²) in [5.41, 5.74) is 0. The van der Waals surface area contributed by atoms with Crippen molar-refractivity contribution in [2.75, 3.05) is 36.5 Å². The maximum atomic E-state index is 5.59. The normalized spacial score (nSPS) is 26.9. The molecule has 0 aromatic carbocycles. The summed E-state index contributed by atoms with van der Waals surface area (Å²) < 4.78 is 6.42. The van der Waals surface area contributed by atoms with Crippen LogP contribution in [-0.4, -0.2) is 59.2 Å². The van der Waals surface area contributed by atoms with Crippen LogP contribution in [0.1, 0.15) is 19.3 Å². The zero-order valence-corrected chi connectivity index (χ0v) is 13.5. The van der Waals surface area contributed by atoms with Crippen LogP contribution in [0.4, 0.5) is 11.8 Å². The van der Waals surface area contributed by atoms with Crippen LogP contribution in [0, 0.1) is 0 Å². The van der Waals surface area contributed by atoms with Crippen molar-refractivity contribution in [1.29, 1.82) is 0 Å². The zero-order valence-electron chi connectivity index (χ0n) is 11.1. The van der Waals surface area contributed by atoms with Crippen molar-refractivity contribution in [3.8, 4) is 0 Å². The number of nitrogens with one attached hydrogen (secondary N) is 1. The van der Waals surface area contributed by atoms with Crippen LogP contribution >= 0.6 is 0 Å². The third kappa shape index (κ3) is 3.40. The van der Waals surface area contributed by atoms with Crippen LogP contribution in [0.25, 0.3) is 0 Å². The number of anilines is 2. The van der Waals surface area contributed by atoms with Crippen molar-refractivity contribution < 1.29 is 4.74 Å². The predicted octanol–water partition coefficient (Wildman–Crippen LogP) is 0.699. The molecular weight excluding hydrogens is 303 g/mol. The summed E-state index contributed by atoms with van der Waals surface area (Å²) in [4.78, 5) is 11.2. The molecule has 2 aliphatic heterocycles. The number of ether oxygens (including phenoxy) is 1. The first-order chi connectivity index (χ1) is 9.31. The number of nitrogens with zero attached hydrogens (tertiary/aromatic N) is 3. The summed E-state index contributed by atoms with van der Waals surface area (Å²) in [7, 11) is 0. The van der Waals surface area contributed by atoms with Gasteiger partial charge in [0.2, 0.25) is 0 Å². The second-order valence-electron chi connectivity index (χ2n) is 5.25. The molecule has 19 heavy (non-hydrogen) atoms. The quantitative estimate of drug-likeness (QED) is 0.827. The minimum absolute atomic E-state index is 0.321. The number of hydrogen-bond donors (Lipinski definition) is 1. The molecule has 2 aliphatic rings. The van der Waals surface area contributed by atoms with E-state index in [1.807, 2.05) is 29.1 Å². The molecule has 104 valence electrons. The molecule has 0 aliphatic carbocycles. The van der Waals surface area contributed by atoms with Crippen molar-refractivity contribution >= 4 is 28.6 Å². The van der Waals surface area contributed by atoms with Gasteiger partial charge in [-0.2, -0.15) is 0 Å². The topological polar surface area (TPSA) is 50.3 Å². The van der Waals surface area contributed by atoms with Crippen LogP contribution in [0.2, 0.25) is 4.71 Å². The van der Waals surface area contributed by atoms with E-state index in [-0.39, 0.29) is 0 Å². The van der Waals surface area contributed by atoms with Crippen molar-refractivity contribution in [3.05, 3.63) is 12.3 Å². The molecule has 0 saturated carbocycles. The first kappa shape index (κ1) is 13.2. The summed E-state index contributed by atoms with van der Waals surface area (Å²) >= 11 is 1.84. The number of rotatable bonds is 4. The average Bonchev–Trinajstić information content (AvgIpc) is 3.08. The molecule has 1 aromatic heterocycles. The van der Waals surface area contributed by atoms with E-state index in [1.165, 1.54) is 12.8 Å².